The van der Waals surface area contributed by atoms with Gasteiger partial charge in [-0.05, 0) is 10.4 Å². The van der Waals surface area contributed by atoms with Crippen LogP contribution in [-0.4, -0.2) is 30.9 Å². The summed E-state index contributed by atoms with van der Waals surface area (Å²) in [7, 11) is 0. The van der Waals surface area contributed by atoms with E-state index in [1.807, 2.05) is 0 Å². The lowest BCUT2D eigenvalue weighted by atomic mass is 11.4. The van der Waals surface area contributed by atoms with Crippen molar-refractivity contribution in [3.63, 3.8) is 0 Å². The van der Waals surface area contributed by atoms with Gasteiger partial charge < -0.3 is 5.21 Å². The Balaban J connectivity index is 0. The number of nitrogens with one attached hydrogen (secondary N) is 1. The molecule has 0 aliphatic rings. The van der Waals surface area contributed by atoms with Crippen LogP contribution in [0.4, 0.5) is 0 Å². The van der Waals surface area contributed by atoms with E-state index in [-0.39, 0.29) is 12.4 Å². The molecular weight excluding hydrogens is 165 g/mol. The first-order chi connectivity index (χ1) is 4.23. The number of nitrogens with zero attached hydrogens (tertiary/aromatic N) is 4. The Bertz CT molecular complexity index is 131. The number of halogens is 1. The topological polar surface area (TPSA) is 118 Å². The third kappa shape index (κ3) is 16.0. The number of rotatable bonds is 0. The maximum absolute atomic E-state index is 8.36. The molecular formula is CH4ClN5O3. The fourth-order valence-corrected chi connectivity index (χ4v) is 0.129. The minimum atomic E-state index is -1.50. The molecule has 0 radical (unpaired) electrons. The van der Waals surface area contributed by atoms with Crippen molar-refractivity contribution in [1.82, 2.24) is 20.6 Å². The van der Waals surface area contributed by atoms with E-state index in [0.29, 0.717) is 0 Å². The third-order valence-corrected chi connectivity index (χ3v) is 0.270. The lowest BCUT2D eigenvalue weighted by Gasteiger charge is -1.56. The summed E-state index contributed by atoms with van der Waals surface area (Å²) in [5.41, 5.74) is 0. The van der Waals surface area contributed by atoms with Gasteiger partial charge in [0.15, 0.2) is 0 Å². The Morgan fingerprint density at radius 3 is 2.30 bits per heavy atom. The molecule has 0 bridgehead atoms. The van der Waals surface area contributed by atoms with Crippen molar-refractivity contribution in [3.8, 4) is 0 Å². The summed E-state index contributed by atoms with van der Waals surface area (Å²) in [6.45, 7) is 0. The second-order valence-corrected chi connectivity index (χ2v) is 0.801. The van der Waals surface area contributed by atoms with Gasteiger partial charge in [0, 0.05) is 0 Å². The van der Waals surface area contributed by atoms with E-state index in [1.165, 1.54) is 6.33 Å². The normalized spacial score (nSPS) is 6.40. The van der Waals surface area contributed by atoms with Crippen LogP contribution in [0, 0.1) is 10.1 Å². The summed E-state index contributed by atoms with van der Waals surface area (Å²) < 4.78 is 0. The summed E-state index contributed by atoms with van der Waals surface area (Å²) in [6.07, 6.45) is 1.40. The Morgan fingerprint density at radius 1 is 1.70 bits per heavy atom. The number of hydrogen-bond acceptors (Lipinski definition) is 5. The standard InChI is InChI=1S/CH2N4.ClH.HNO3/c1-2-4-5-3-1;;2-1(3)4/h1H,(H,2,3,4,5);1H;(H,2,3,4). The minimum absolute atomic E-state index is 0. The molecule has 58 valence electrons. The fourth-order valence-electron chi connectivity index (χ4n) is 0.129. The van der Waals surface area contributed by atoms with Crippen molar-refractivity contribution in [2.24, 2.45) is 0 Å². The van der Waals surface area contributed by atoms with Crippen molar-refractivity contribution in [2.45, 2.75) is 0 Å². The Morgan fingerprint density at radius 2 is 2.20 bits per heavy atom. The third-order valence-electron chi connectivity index (χ3n) is 0.270. The molecule has 0 saturated heterocycles. The molecule has 0 amide bonds. The zero-order chi connectivity index (χ0) is 7.11. The van der Waals surface area contributed by atoms with Crippen molar-refractivity contribution in [1.29, 1.82) is 0 Å². The van der Waals surface area contributed by atoms with Crippen LogP contribution < -0.4 is 0 Å². The van der Waals surface area contributed by atoms with E-state index in [9.17, 15) is 0 Å². The van der Waals surface area contributed by atoms with Crippen molar-refractivity contribution >= 4 is 12.4 Å². The summed E-state index contributed by atoms with van der Waals surface area (Å²) in [4.78, 5) is 8.36. The molecule has 1 aromatic rings. The molecule has 0 aliphatic heterocycles. The van der Waals surface area contributed by atoms with Crippen LogP contribution in [0.2, 0.25) is 0 Å². The first-order valence-corrected chi connectivity index (χ1v) is 1.74. The van der Waals surface area contributed by atoms with Gasteiger partial charge in [0.2, 0.25) is 0 Å². The highest BCUT2D eigenvalue weighted by atomic mass is 35.5. The molecule has 0 atom stereocenters. The van der Waals surface area contributed by atoms with E-state index in [0.717, 1.165) is 0 Å². The number of tetrazole rings is 1. The molecule has 1 aromatic heterocycles. The van der Waals surface area contributed by atoms with Crippen molar-refractivity contribution in [2.75, 3.05) is 0 Å². The average molecular weight is 170 g/mol. The van der Waals surface area contributed by atoms with Gasteiger partial charge in [-0.2, -0.15) is 0 Å². The number of aromatic amines is 1. The van der Waals surface area contributed by atoms with Gasteiger partial charge in [-0.1, -0.05) is 0 Å². The SMILES string of the molecule is Cl.O=[N+]([O-])O.c1nnn[nH]1. The zero-order valence-corrected chi connectivity index (χ0v) is 5.35. The quantitative estimate of drug-likeness (QED) is 0.391. The number of H-pyrrole nitrogens is 1. The van der Waals surface area contributed by atoms with E-state index < -0.39 is 5.09 Å². The van der Waals surface area contributed by atoms with Crippen LogP contribution in [-0.2, 0) is 0 Å². The first-order valence-electron chi connectivity index (χ1n) is 1.74. The van der Waals surface area contributed by atoms with E-state index in [4.69, 9.17) is 15.3 Å². The molecule has 0 unspecified atom stereocenters. The minimum Gasteiger partial charge on any atom is -0.328 e. The molecule has 0 spiro atoms. The highest BCUT2D eigenvalue weighted by molar-refractivity contribution is 5.85. The van der Waals surface area contributed by atoms with E-state index in [1.54, 1.807) is 0 Å². The molecule has 2 N–H and O–H groups in total. The maximum atomic E-state index is 8.36. The molecule has 0 aromatic carbocycles. The lowest BCUT2D eigenvalue weighted by molar-refractivity contribution is -0.742. The van der Waals surface area contributed by atoms with Crippen molar-refractivity contribution < 1.29 is 10.3 Å². The smallest absolute Gasteiger partial charge is 0.291 e. The highest BCUT2D eigenvalue weighted by Crippen LogP contribution is 1.43. The maximum Gasteiger partial charge on any atom is 0.291 e. The molecule has 0 saturated carbocycles. The van der Waals surface area contributed by atoms with Gasteiger partial charge in [0.1, 0.15) is 6.33 Å². The summed E-state index contributed by atoms with van der Waals surface area (Å²) in [5.74, 6) is 0. The first kappa shape index (κ1) is 11.4. The molecule has 0 aliphatic carbocycles. The Kier molecular flexibility index (Phi) is 8.59. The molecule has 10 heavy (non-hydrogen) atoms. The van der Waals surface area contributed by atoms with Gasteiger partial charge in [-0.3, -0.25) is 0 Å². The van der Waals surface area contributed by atoms with Crippen LogP contribution in [0.3, 0.4) is 0 Å². The second kappa shape index (κ2) is 7.56. The zero-order valence-electron chi connectivity index (χ0n) is 4.54. The summed E-state index contributed by atoms with van der Waals surface area (Å²) >= 11 is 0. The van der Waals surface area contributed by atoms with Crippen LogP contribution >= 0.6 is 12.4 Å². The monoisotopic (exact) mass is 169 g/mol. The van der Waals surface area contributed by atoms with Crippen LogP contribution in [0.1, 0.15) is 0 Å². The van der Waals surface area contributed by atoms with Gasteiger partial charge in [-0.25, -0.2) is 5.10 Å². The fraction of sp³-hybridized carbons (Fsp3) is 0. The average Bonchev–Trinajstić information content (AvgIpc) is 2.11. The summed E-state index contributed by atoms with van der Waals surface area (Å²) in [6, 6.07) is 0. The van der Waals surface area contributed by atoms with Crippen LogP contribution in [0.25, 0.3) is 0 Å². The number of aromatic nitrogens is 4. The highest BCUT2D eigenvalue weighted by Gasteiger charge is 1.65. The summed E-state index contributed by atoms with van der Waals surface area (Å²) in [5, 5.41) is 25.7. The van der Waals surface area contributed by atoms with Gasteiger partial charge in [-0.15, -0.1) is 27.6 Å². The second-order valence-electron chi connectivity index (χ2n) is 0.801. The molecule has 0 fully saturated rings. The molecule has 1 rings (SSSR count). The van der Waals surface area contributed by atoms with Crippen LogP contribution in [0.15, 0.2) is 6.33 Å². The molecule has 1 heterocycles. The van der Waals surface area contributed by atoms with E-state index in [2.05, 4.69) is 20.6 Å². The van der Waals surface area contributed by atoms with Gasteiger partial charge in [0.05, 0.1) is 0 Å². The van der Waals surface area contributed by atoms with Crippen LogP contribution in [0.5, 0.6) is 0 Å². The largest absolute Gasteiger partial charge is 0.328 e. The predicted molar refractivity (Wildman–Crippen MR) is 30.2 cm³/mol. The van der Waals surface area contributed by atoms with Gasteiger partial charge in [0.25, 0.3) is 5.09 Å². The Labute approximate surface area is 60.8 Å². The lowest BCUT2D eigenvalue weighted by Crippen LogP contribution is -1.81. The predicted octanol–water partition coefficient (Wildman–Crippen LogP) is -0.726. The molecule has 8 nitrogen and oxygen atoms in total. The Hall–Kier alpha value is -1.44. The molecule has 9 heteroatoms. The van der Waals surface area contributed by atoms with Crippen molar-refractivity contribution in [3.05, 3.63) is 16.4 Å². The van der Waals surface area contributed by atoms with Gasteiger partial charge >= 0.3 is 0 Å². The number of hydrogen-bond donors (Lipinski definition) is 2. The van der Waals surface area contributed by atoms with E-state index >= 15 is 0 Å².